The van der Waals surface area contributed by atoms with Gasteiger partial charge in [0, 0.05) is 12.6 Å². The third-order valence-electron chi connectivity index (χ3n) is 3.73. The van der Waals surface area contributed by atoms with Crippen molar-refractivity contribution in [1.29, 1.82) is 0 Å². The number of aliphatic hydroxyl groups excluding tert-OH is 1. The van der Waals surface area contributed by atoms with Gasteiger partial charge in [0.05, 0.1) is 6.10 Å². The summed E-state index contributed by atoms with van der Waals surface area (Å²) < 4.78 is 0. The number of rotatable bonds is 3. The van der Waals surface area contributed by atoms with Gasteiger partial charge >= 0.3 is 0 Å². The Balaban J connectivity index is 2.03. The number of aromatic nitrogens is 1. The minimum atomic E-state index is -0.331. The number of hydrogen-bond donors (Lipinski definition) is 2. The van der Waals surface area contributed by atoms with Crippen molar-refractivity contribution in [2.24, 2.45) is 11.8 Å². The van der Waals surface area contributed by atoms with Crippen LogP contribution in [-0.4, -0.2) is 16.2 Å². The summed E-state index contributed by atoms with van der Waals surface area (Å²) in [5.41, 5.74) is 8.15. The van der Waals surface area contributed by atoms with Gasteiger partial charge in [0.25, 0.3) is 0 Å². The zero-order chi connectivity index (χ0) is 13.1. The van der Waals surface area contributed by atoms with E-state index in [0.29, 0.717) is 24.1 Å². The van der Waals surface area contributed by atoms with Gasteiger partial charge < -0.3 is 10.8 Å². The maximum atomic E-state index is 10.4. The molecule has 3 N–H and O–H groups in total. The first kappa shape index (κ1) is 13.1. The van der Waals surface area contributed by atoms with E-state index in [1.54, 1.807) is 6.20 Å². The van der Waals surface area contributed by atoms with E-state index < -0.39 is 0 Å². The summed E-state index contributed by atoms with van der Waals surface area (Å²) in [6.45, 7) is 4.36. The highest BCUT2D eigenvalue weighted by atomic mass is 16.3. The van der Waals surface area contributed by atoms with Crippen LogP contribution >= 0.6 is 0 Å². The standard InChI is InChI=1S/C15H22N2O/c1-10-6-11(2)8-13(7-10)14(18)9-12-4-3-5-17-15(12)16/h3-6,10,13-14,18H,7-9H2,1-2H3,(H2,16,17). The van der Waals surface area contributed by atoms with E-state index in [9.17, 15) is 5.11 Å². The van der Waals surface area contributed by atoms with Crippen LogP contribution in [0.1, 0.15) is 32.3 Å². The van der Waals surface area contributed by atoms with E-state index in [-0.39, 0.29) is 6.10 Å². The average molecular weight is 246 g/mol. The van der Waals surface area contributed by atoms with E-state index in [1.165, 1.54) is 5.57 Å². The monoisotopic (exact) mass is 246 g/mol. The second kappa shape index (κ2) is 5.53. The van der Waals surface area contributed by atoms with E-state index in [0.717, 1.165) is 18.4 Å². The van der Waals surface area contributed by atoms with Gasteiger partial charge in [-0.2, -0.15) is 0 Å². The number of allylic oxidation sites excluding steroid dienone is 2. The zero-order valence-corrected chi connectivity index (χ0v) is 11.1. The fourth-order valence-electron chi connectivity index (χ4n) is 2.90. The molecule has 0 spiro atoms. The molecular formula is C15H22N2O. The van der Waals surface area contributed by atoms with Gasteiger partial charge in [-0.3, -0.25) is 0 Å². The molecule has 3 unspecified atom stereocenters. The number of nitrogens with two attached hydrogens (primary N) is 1. The van der Waals surface area contributed by atoms with Crippen molar-refractivity contribution in [3.8, 4) is 0 Å². The van der Waals surface area contributed by atoms with Crippen molar-refractivity contribution in [2.45, 2.75) is 39.2 Å². The maximum Gasteiger partial charge on any atom is 0.126 e. The lowest BCUT2D eigenvalue weighted by Crippen LogP contribution is -2.27. The minimum Gasteiger partial charge on any atom is -0.392 e. The Morgan fingerprint density at radius 3 is 3.00 bits per heavy atom. The van der Waals surface area contributed by atoms with Crippen LogP contribution < -0.4 is 5.73 Å². The highest BCUT2D eigenvalue weighted by molar-refractivity contribution is 5.38. The summed E-state index contributed by atoms with van der Waals surface area (Å²) in [6.07, 6.45) is 6.31. The van der Waals surface area contributed by atoms with Gasteiger partial charge in [0.1, 0.15) is 5.82 Å². The number of anilines is 1. The third kappa shape index (κ3) is 3.10. The van der Waals surface area contributed by atoms with Crippen molar-refractivity contribution >= 4 is 5.82 Å². The van der Waals surface area contributed by atoms with Crippen LogP contribution in [0.5, 0.6) is 0 Å². The van der Waals surface area contributed by atoms with E-state index >= 15 is 0 Å². The maximum absolute atomic E-state index is 10.4. The summed E-state index contributed by atoms with van der Waals surface area (Å²) in [5, 5.41) is 10.4. The highest BCUT2D eigenvalue weighted by Gasteiger charge is 2.25. The molecule has 1 aliphatic rings. The SMILES string of the molecule is CC1=CC(C)CC(C(O)Cc2cccnc2N)C1. The number of aliphatic hydroxyl groups is 1. The fourth-order valence-corrected chi connectivity index (χ4v) is 2.90. The van der Waals surface area contributed by atoms with Crippen LogP contribution in [0.2, 0.25) is 0 Å². The molecule has 0 saturated carbocycles. The molecule has 0 fully saturated rings. The zero-order valence-electron chi connectivity index (χ0n) is 11.1. The first-order valence-corrected chi connectivity index (χ1v) is 6.61. The second-order valence-electron chi connectivity index (χ2n) is 5.51. The lowest BCUT2D eigenvalue weighted by atomic mass is 9.79. The lowest BCUT2D eigenvalue weighted by Gasteiger charge is -2.29. The van der Waals surface area contributed by atoms with Gasteiger partial charge in [-0.1, -0.05) is 24.6 Å². The Hall–Kier alpha value is -1.35. The van der Waals surface area contributed by atoms with Crippen molar-refractivity contribution in [2.75, 3.05) is 5.73 Å². The Kier molecular flexibility index (Phi) is 4.02. The molecule has 0 bridgehead atoms. The van der Waals surface area contributed by atoms with E-state index in [2.05, 4.69) is 24.9 Å². The van der Waals surface area contributed by atoms with Crippen LogP contribution in [0, 0.1) is 11.8 Å². The summed E-state index contributed by atoms with van der Waals surface area (Å²) in [6, 6.07) is 3.81. The molecule has 1 aromatic heterocycles. The Morgan fingerprint density at radius 2 is 2.33 bits per heavy atom. The molecule has 2 rings (SSSR count). The molecule has 0 radical (unpaired) electrons. The minimum absolute atomic E-state index is 0.331. The molecule has 1 aromatic rings. The quantitative estimate of drug-likeness (QED) is 0.806. The first-order valence-electron chi connectivity index (χ1n) is 6.61. The second-order valence-corrected chi connectivity index (χ2v) is 5.51. The number of pyridine rings is 1. The Bertz CT molecular complexity index is 442. The molecular weight excluding hydrogens is 224 g/mol. The largest absolute Gasteiger partial charge is 0.392 e. The molecule has 3 atom stereocenters. The smallest absolute Gasteiger partial charge is 0.126 e. The molecule has 3 heteroatoms. The third-order valence-corrected chi connectivity index (χ3v) is 3.73. The van der Waals surface area contributed by atoms with Crippen LogP contribution in [0.25, 0.3) is 0 Å². The summed E-state index contributed by atoms with van der Waals surface area (Å²) in [7, 11) is 0. The van der Waals surface area contributed by atoms with E-state index in [1.807, 2.05) is 12.1 Å². The lowest BCUT2D eigenvalue weighted by molar-refractivity contribution is 0.0933. The van der Waals surface area contributed by atoms with Crippen molar-refractivity contribution < 1.29 is 5.11 Å². The molecule has 0 aliphatic heterocycles. The van der Waals surface area contributed by atoms with Crippen molar-refractivity contribution in [3.05, 3.63) is 35.5 Å². The molecule has 0 amide bonds. The summed E-state index contributed by atoms with van der Waals surface area (Å²) >= 11 is 0. The normalized spacial score (nSPS) is 25.6. The van der Waals surface area contributed by atoms with Crippen LogP contribution in [0.15, 0.2) is 30.0 Å². The average Bonchev–Trinajstić information content (AvgIpc) is 2.31. The molecule has 1 heterocycles. The first-order chi connectivity index (χ1) is 8.56. The van der Waals surface area contributed by atoms with Gasteiger partial charge in [0.2, 0.25) is 0 Å². The van der Waals surface area contributed by atoms with Crippen molar-refractivity contribution in [1.82, 2.24) is 4.98 Å². The molecule has 1 aliphatic carbocycles. The van der Waals surface area contributed by atoms with Crippen molar-refractivity contribution in [3.63, 3.8) is 0 Å². The van der Waals surface area contributed by atoms with E-state index in [4.69, 9.17) is 5.73 Å². The number of nitrogen functional groups attached to an aromatic ring is 1. The Morgan fingerprint density at radius 1 is 1.56 bits per heavy atom. The summed E-state index contributed by atoms with van der Waals surface area (Å²) in [5.74, 6) is 1.43. The molecule has 0 saturated heterocycles. The molecule has 18 heavy (non-hydrogen) atoms. The predicted octanol–water partition coefficient (Wildman–Crippen LogP) is 2.56. The number of nitrogens with zero attached hydrogens (tertiary/aromatic N) is 1. The van der Waals surface area contributed by atoms with Gasteiger partial charge in [0.15, 0.2) is 0 Å². The van der Waals surface area contributed by atoms with Gasteiger partial charge in [-0.05, 0) is 43.2 Å². The summed E-state index contributed by atoms with van der Waals surface area (Å²) in [4.78, 5) is 4.06. The Labute approximate surface area is 109 Å². The van der Waals surface area contributed by atoms with Gasteiger partial charge in [-0.15, -0.1) is 0 Å². The molecule has 3 nitrogen and oxygen atoms in total. The number of hydrogen-bond acceptors (Lipinski definition) is 3. The van der Waals surface area contributed by atoms with Crippen LogP contribution in [0.4, 0.5) is 5.82 Å². The van der Waals surface area contributed by atoms with Crippen LogP contribution in [0.3, 0.4) is 0 Å². The highest BCUT2D eigenvalue weighted by Crippen LogP contribution is 2.31. The molecule has 98 valence electrons. The topological polar surface area (TPSA) is 59.1 Å². The van der Waals surface area contributed by atoms with Gasteiger partial charge in [-0.25, -0.2) is 4.98 Å². The fraction of sp³-hybridized carbons (Fsp3) is 0.533. The predicted molar refractivity (Wildman–Crippen MR) is 74.0 cm³/mol. The molecule has 0 aromatic carbocycles. The van der Waals surface area contributed by atoms with Crippen LogP contribution in [-0.2, 0) is 6.42 Å².